The molecule has 0 spiro atoms. The Morgan fingerprint density at radius 3 is 2.33 bits per heavy atom. The molecule has 0 bridgehead atoms. The van der Waals surface area contributed by atoms with Gasteiger partial charge >= 0.3 is 5.97 Å². The Balaban J connectivity index is 2.32. The fourth-order valence-corrected chi connectivity index (χ4v) is 1.00. The number of hydrogen-bond acceptors (Lipinski definition) is 2. The van der Waals surface area contributed by atoms with Crippen molar-refractivity contribution < 1.29 is 9.90 Å². The molecule has 0 unspecified atom stereocenters. The molecule has 3 N–H and O–H groups in total. The molecule has 0 aromatic carbocycles. The van der Waals surface area contributed by atoms with Crippen LogP contribution in [0, 0.1) is 5.92 Å². The standard InChI is InChI=1S/C6H11NO2/c7-5(6(8)9)4-2-1-3-4/h4-5H,1-3,7H2,(H,8,9)/t5-/m1/s1. The van der Waals surface area contributed by atoms with Crippen molar-refractivity contribution in [2.24, 2.45) is 11.7 Å². The molecular formula is C6H11NO2. The summed E-state index contributed by atoms with van der Waals surface area (Å²) >= 11 is 0. The van der Waals surface area contributed by atoms with Crippen LogP contribution in [0.4, 0.5) is 0 Å². The van der Waals surface area contributed by atoms with Gasteiger partial charge in [0.05, 0.1) is 0 Å². The van der Waals surface area contributed by atoms with Crippen LogP contribution in [0.5, 0.6) is 0 Å². The largest absolute Gasteiger partial charge is 0.480 e. The van der Waals surface area contributed by atoms with E-state index in [1.807, 2.05) is 0 Å². The molecular weight excluding hydrogens is 118 g/mol. The van der Waals surface area contributed by atoms with Gasteiger partial charge < -0.3 is 10.8 Å². The van der Waals surface area contributed by atoms with E-state index in [1.54, 1.807) is 0 Å². The summed E-state index contributed by atoms with van der Waals surface area (Å²) in [5, 5.41) is 8.39. The summed E-state index contributed by atoms with van der Waals surface area (Å²) in [5.74, 6) is -0.609. The molecule has 0 radical (unpaired) electrons. The van der Waals surface area contributed by atoms with Crippen molar-refractivity contribution in [1.82, 2.24) is 0 Å². The molecule has 0 saturated heterocycles. The number of carboxylic acid groups (broad SMARTS) is 1. The fourth-order valence-electron chi connectivity index (χ4n) is 1.00. The fraction of sp³-hybridized carbons (Fsp3) is 0.833. The molecule has 3 nitrogen and oxygen atoms in total. The SMILES string of the molecule is N[C@@H](C(=O)O)C1CCC1. The molecule has 0 aliphatic heterocycles. The van der Waals surface area contributed by atoms with E-state index in [4.69, 9.17) is 10.8 Å². The summed E-state index contributed by atoms with van der Waals surface area (Å²) in [6.07, 6.45) is 3.13. The van der Waals surface area contributed by atoms with Crippen LogP contribution in [-0.4, -0.2) is 17.1 Å². The highest BCUT2D eigenvalue weighted by atomic mass is 16.4. The third-order valence-corrected chi connectivity index (χ3v) is 1.94. The maximum atomic E-state index is 10.2. The number of carboxylic acids is 1. The lowest BCUT2D eigenvalue weighted by Gasteiger charge is -2.28. The van der Waals surface area contributed by atoms with Gasteiger partial charge in [0.15, 0.2) is 0 Å². The van der Waals surface area contributed by atoms with E-state index in [9.17, 15) is 4.79 Å². The van der Waals surface area contributed by atoms with Crippen LogP contribution in [0.2, 0.25) is 0 Å². The molecule has 0 aromatic heterocycles. The van der Waals surface area contributed by atoms with Gasteiger partial charge in [-0.2, -0.15) is 0 Å². The third kappa shape index (κ3) is 1.21. The Hall–Kier alpha value is -0.570. The minimum atomic E-state index is -0.861. The van der Waals surface area contributed by atoms with Gasteiger partial charge in [0.2, 0.25) is 0 Å². The van der Waals surface area contributed by atoms with Gasteiger partial charge in [-0.15, -0.1) is 0 Å². The van der Waals surface area contributed by atoms with Gasteiger partial charge in [0.25, 0.3) is 0 Å². The van der Waals surface area contributed by atoms with Crippen molar-refractivity contribution in [3.8, 4) is 0 Å². The van der Waals surface area contributed by atoms with Crippen molar-refractivity contribution in [2.45, 2.75) is 25.3 Å². The molecule has 52 valence electrons. The molecule has 9 heavy (non-hydrogen) atoms. The molecule has 1 fully saturated rings. The van der Waals surface area contributed by atoms with E-state index in [0.717, 1.165) is 19.3 Å². The van der Waals surface area contributed by atoms with E-state index in [-0.39, 0.29) is 5.92 Å². The summed E-state index contributed by atoms with van der Waals surface area (Å²) in [6, 6.07) is -0.612. The lowest BCUT2D eigenvalue weighted by molar-refractivity contribution is -0.140. The zero-order chi connectivity index (χ0) is 6.85. The van der Waals surface area contributed by atoms with Crippen LogP contribution in [0.25, 0.3) is 0 Å². The van der Waals surface area contributed by atoms with E-state index in [1.165, 1.54) is 0 Å². The highest BCUT2D eigenvalue weighted by molar-refractivity contribution is 5.73. The van der Waals surface area contributed by atoms with Crippen molar-refractivity contribution in [3.63, 3.8) is 0 Å². The second kappa shape index (κ2) is 2.35. The minimum absolute atomic E-state index is 0.252. The normalized spacial score (nSPS) is 22.8. The lowest BCUT2D eigenvalue weighted by atomic mass is 9.80. The van der Waals surface area contributed by atoms with Crippen LogP contribution in [-0.2, 0) is 4.79 Å². The number of nitrogens with two attached hydrogens (primary N) is 1. The molecule has 3 heteroatoms. The Morgan fingerprint density at radius 2 is 2.22 bits per heavy atom. The maximum absolute atomic E-state index is 10.2. The van der Waals surface area contributed by atoms with Crippen molar-refractivity contribution in [3.05, 3.63) is 0 Å². The predicted octanol–water partition coefficient (Wildman–Crippen LogP) is 0.198. The Kier molecular flexibility index (Phi) is 1.71. The second-order valence-electron chi connectivity index (χ2n) is 2.56. The average Bonchev–Trinajstić information content (AvgIpc) is 1.60. The van der Waals surface area contributed by atoms with Crippen molar-refractivity contribution >= 4 is 5.97 Å². The molecule has 1 aliphatic rings. The molecule has 0 heterocycles. The number of hydrogen-bond donors (Lipinski definition) is 2. The van der Waals surface area contributed by atoms with Crippen LogP contribution in [0.3, 0.4) is 0 Å². The average molecular weight is 129 g/mol. The Labute approximate surface area is 53.9 Å². The van der Waals surface area contributed by atoms with Crippen LogP contribution in [0.15, 0.2) is 0 Å². The first-order valence-electron chi connectivity index (χ1n) is 3.20. The summed E-state index contributed by atoms with van der Waals surface area (Å²) in [7, 11) is 0. The Morgan fingerprint density at radius 1 is 1.67 bits per heavy atom. The van der Waals surface area contributed by atoms with Crippen LogP contribution in [0.1, 0.15) is 19.3 Å². The van der Waals surface area contributed by atoms with Crippen LogP contribution >= 0.6 is 0 Å². The lowest BCUT2D eigenvalue weighted by Crippen LogP contribution is -2.41. The summed E-state index contributed by atoms with van der Waals surface area (Å²) in [5.41, 5.74) is 5.32. The smallest absolute Gasteiger partial charge is 0.320 e. The van der Waals surface area contributed by atoms with E-state index in [0.29, 0.717) is 0 Å². The van der Waals surface area contributed by atoms with Crippen molar-refractivity contribution in [2.75, 3.05) is 0 Å². The van der Waals surface area contributed by atoms with E-state index >= 15 is 0 Å². The maximum Gasteiger partial charge on any atom is 0.320 e. The second-order valence-corrected chi connectivity index (χ2v) is 2.56. The zero-order valence-corrected chi connectivity index (χ0v) is 5.21. The van der Waals surface area contributed by atoms with E-state index < -0.39 is 12.0 Å². The molecule has 0 aromatic rings. The molecule has 1 atom stereocenters. The summed E-state index contributed by atoms with van der Waals surface area (Å²) in [6.45, 7) is 0. The molecule has 1 rings (SSSR count). The first-order chi connectivity index (χ1) is 4.22. The number of carbonyl (C=O) groups is 1. The first-order valence-corrected chi connectivity index (χ1v) is 3.20. The van der Waals surface area contributed by atoms with Gasteiger partial charge in [-0.1, -0.05) is 6.42 Å². The van der Waals surface area contributed by atoms with Crippen LogP contribution < -0.4 is 5.73 Å². The van der Waals surface area contributed by atoms with Gasteiger partial charge in [-0.25, -0.2) is 0 Å². The highest BCUT2D eigenvalue weighted by Crippen LogP contribution is 2.28. The number of rotatable bonds is 2. The molecule has 1 aliphatic carbocycles. The Bertz CT molecular complexity index is 120. The van der Waals surface area contributed by atoms with E-state index in [2.05, 4.69) is 0 Å². The predicted molar refractivity (Wildman–Crippen MR) is 33.0 cm³/mol. The molecule has 0 amide bonds. The monoisotopic (exact) mass is 129 g/mol. The summed E-state index contributed by atoms with van der Waals surface area (Å²) in [4.78, 5) is 10.2. The zero-order valence-electron chi connectivity index (χ0n) is 5.21. The first kappa shape index (κ1) is 6.55. The van der Waals surface area contributed by atoms with Crippen molar-refractivity contribution in [1.29, 1.82) is 0 Å². The van der Waals surface area contributed by atoms with Gasteiger partial charge in [0.1, 0.15) is 6.04 Å². The highest BCUT2D eigenvalue weighted by Gasteiger charge is 2.28. The minimum Gasteiger partial charge on any atom is -0.480 e. The summed E-state index contributed by atoms with van der Waals surface area (Å²) < 4.78 is 0. The van der Waals surface area contributed by atoms with Gasteiger partial charge in [-0.3, -0.25) is 4.79 Å². The number of aliphatic carboxylic acids is 1. The third-order valence-electron chi connectivity index (χ3n) is 1.94. The van der Waals surface area contributed by atoms with Gasteiger partial charge in [-0.05, 0) is 18.8 Å². The van der Waals surface area contributed by atoms with Gasteiger partial charge in [0, 0.05) is 0 Å². The quantitative estimate of drug-likeness (QED) is 0.559. The topological polar surface area (TPSA) is 63.3 Å². The molecule has 1 saturated carbocycles.